The fourth-order valence-corrected chi connectivity index (χ4v) is 2.14. The number of carbonyl (C=O) groups excluding carboxylic acids is 1. The Hall–Kier alpha value is -2.08. The first-order chi connectivity index (χ1) is 9.90. The Kier molecular flexibility index (Phi) is 4.47. The largest absolute Gasteiger partial charge is 0.506 e. The Labute approximate surface area is 126 Å². The number of hydrogen-bond donors (Lipinski definition) is 2. The zero-order valence-corrected chi connectivity index (χ0v) is 12.4. The maximum atomic E-state index is 13.2. The van der Waals surface area contributed by atoms with Crippen molar-refractivity contribution < 1.29 is 14.3 Å². The number of benzene rings is 1. The number of amides is 1. The predicted octanol–water partition coefficient (Wildman–Crippen LogP) is 2.20. The molecule has 21 heavy (non-hydrogen) atoms. The van der Waals surface area contributed by atoms with Crippen LogP contribution in [0.25, 0.3) is 0 Å². The predicted molar refractivity (Wildman–Crippen MR) is 77.1 cm³/mol. The number of phenols is 1. The Morgan fingerprint density at radius 2 is 2.24 bits per heavy atom. The van der Waals surface area contributed by atoms with Crippen molar-refractivity contribution >= 4 is 17.5 Å². The fourth-order valence-electron chi connectivity index (χ4n) is 1.93. The Morgan fingerprint density at radius 3 is 2.86 bits per heavy atom. The molecule has 0 aliphatic carbocycles. The van der Waals surface area contributed by atoms with Crippen LogP contribution in [0.2, 0.25) is 5.02 Å². The first-order valence-corrected chi connectivity index (χ1v) is 6.71. The van der Waals surface area contributed by atoms with E-state index in [1.165, 1.54) is 0 Å². The van der Waals surface area contributed by atoms with Crippen LogP contribution < -0.4 is 5.32 Å². The van der Waals surface area contributed by atoms with Crippen LogP contribution in [0.15, 0.2) is 18.3 Å². The molecular weight excluding hydrogens is 297 g/mol. The molecule has 1 aromatic carbocycles. The smallest absolute Gasteiger partial charge is 0.255 e. The summed E-state index contributed by atoms with van der Waals surface area (Å²) in [6, 6.07) is 1.90. The zero-order chi connectivity index (χ0) is 15.6. The van der Waals surface area contributed by atoms with Crippen LogP contribution in [-0.4, -0.2) is 27.3 Å². The van der Waals surface area contributed by atoms with Crippen LogP contribution in [0.4, 0.5) is 4.39 Å². The third-order valence-corrected chi connectivity index (χ3v) is 3.58. The molecule has 0 fully saturated rings. The number of nitrogens with zero attached hydrogens (tertiary/aromatic N) is 2. The second-order valence-corrected chi connectivity index (χ2v) is 5.08. The molecule has 0 unspecified atom stereocenters. The fraction of sp³-hybridized carbons (Fsp3) is 0.286. The topological polar surface area (TPSA) is 67.2 Å². The van der Waals surface area contributed by atoms with Gasteiger partial charge in [-0.1, -0.05) is 11.6 Å². The third kappa shape index (κ3) is 3.33. The van der Waals surface area contributed by atoms with Crippen LogP contribution in [-0.2, 0) is 13.5 Å². The molecule has 0 aliphatic heterocycles. The first kappa shape index (κ1) is 15.3. The maximum absolute atomic E-state index is 13.2. The second kappa shape index (κ2) is 6.13. The minimum absolute atomic E-state index is 0.178. The lowest BCUT2D eigenvalue weighted by atomic mass is 10.1. The van der Waals surface area contributed by atoms with Gasteiger partial charge in [0, 0.05) is 19.3 Å². The van der Waals surface area contributed by atoms with E-state index in [-0.39, 0.29) is 10.6 Å². The molecule has 0 saturated carbocycles. The van der Waals surface area contributed by atoms with E-state index in [2.05, 4.69) is 10.4 Å². The molecule has 2 aromatic rings. The van der Waals surface area contributed by atoms with Gasteiger partial charge >= 0.3 is 0 Å². The normalized spacial score (nSPS) is 10.7. The molecule has 0 atom stereocenters. The number of aryl methyl sites for hydroxylation is 1. The quantitative estimate of drug-likeness (QED) is 0.909. The summed E-state index contributed by atoms with van der Waals surface area (Å²) in [4.78, 5) is 11.9. The Bertz CT molecular complexity index is 685. The van der Waals surface area contributed by atoms with Gasteiger partial charge < -0.3 is 10.4 Å². The lowest BCUT2D eigenvalue weighted by Crippen LogP contribution is -2.26. The van der Waals surface area contributed by atoms with E-state index >= 15 is 0 Å². The molecule has 7 heteroatoms. The van der Waals surface area contributed by atoms with Gasteiger partial charge in [0.2, 0.25) is 0 Å². The van der Waals surface area contributed by atoms with Crippen molar-refractivity contribution in [2.45, 2.75) is 13.3 Å². The summed E-state index contributed by atoms with van der Waals surface area (Å²) in [5, 5.41) is 16.2. The van der Waals surface area contributed by atoms with Crippen molar-refractivity contribution in [3.63, 3.8) is 0 Å². The Balaban J connectivity index is 2.01. The van der Waals surface area contributed by atoms with Gasteiger partial charge in [-0.2, -0.15) is 5.10 Å². The molecular formula is C14H15ClFN3O2. The van der Waals surface area contributed by atoms with Crippen molar-refractivity contribution in [1.82, 2.24) is 15.1 Å². The number of rotatable bonds is 4. The van der Waals surface area contributed by atoms with Gasteiger partial charge in [-0.25, -0.2) is 4.39 Å². The van der Waals surface area contributed by atoms with Gasteiger partial charge in [-0.15, -0.1) is 0 Å². The van der Waals surface area contributed by atoms with Gasteiger partial charge in [0.1, 0.15) is 11.6 Å². The Morgan fingerprint density at radius 1 is 1.52 bits per heavy atom. The van der Waals surface area contributed by atoms with E-state index in [4.69, 9.17) is 11.6 Å². The molecule has 112 valence electrons. The average Bonchev–Trinajstić information content (AvgIpc) is 2.74. The van der Waals surface area contributed by atoms with Crippen LogP contribution in [0.1, 0.15) is 21.6 Å². The van der Waals surface area contributed by atoms with Crippen molar-refractivity contribution in [2.24, 2.45) is 7.05 Å². The molecule has 0 radical (unpaired) electrons. The molecule has 1 amide bonds. The average molecular weight is 312 g/mol. The van der Waals surface area contributed by atoms with Gasteiger partial charge in [0.15, 0.2) is 0 Å². The molecule has 2 rings (SSSR count). The summed E-state index contributed by atoms with van der Waals surface area (Å²) < 4.78 is 15.0. The summed E-state index contributed by atoms with van der Waals surface area (Å²) in [6.07, 6.45) is 2.33. The number of carbonyl (C=O) groups is 1. The molecule has 0 saturated heterocycles. The molecule has 1 aromatic heterocycles. The van der Waals surface area contributed by atoms with Crippen molar-refractivity contribution in [1.29, 1.82) is 0 Å². The first-order valence-electron chi connectivity index (χ1n) is 6.34. The van der Waals surface area contributed by atoms with Crippen LogP contribution >= 0.6 is 11.6 Å². The van der Waals surface area contributed by atoms with Crippen molar-refractivity contribution in [2.75, 3.05) is 6.54 Å². The number of halogens is 2. The van der Waals surface area contributed by atoms with E-state index < -0.39 is 17.5 Å². The SMILES string of the molecule is Cc1c(CCNC(=O)c2cc(F)cc(Cl)c2O)cnn1C. The maximum Gasteiger partial charge on any atom is 0.255 e. The zero-order valence-electron chi connectivity index (χ0n) is 11.7. The number of hydrogen-bond acceptors (Lipinski definition) is 3. The van der Waals surface area contributed by atoms with Crippen LogP contribution in [0.3, 0.4) is 0 Å². The van der Waals surface area contributed by atoms with Gasteiger partial charge in [0.05, 0.1) is 16.8 Å². The number of nitrogens with one attached hydrogen (secondary N) is 1. The number of aromatic nitrogens is 2. The molecule has 0 aliphatic rings. The van der Waals surface area contributed by atoms with Crippen LogP contribution in [0, 0.1) is 12.7 Å². The highest BCUT2D eigenvalue weighted by Gasteiger charge is 2.15. The minimum Gasteiger partial charge on any atom is -0.506 e. The third-order valence-electron chi connectivity index (χ3n) is 3.29. The molecule has 0 spiro atoms. The minimum atomic E-state index is -0.675. The standard InChI is InChI=1S/C14H15ClFN3O2/c1-8-9(7-18-19(8)2)3-4-17-14(21)11-5-10(16)6-12(15)13(11)20/h5-7,20H,3-4H2,1-2H3,(H,17,21). The molecule has 5 nitrogen and oxygen atoms in total. The van der Waals surface area contributed by atoms with E-state index in [1.54, 1.807) is 10.9 Å². The van der Waals surface area contributed by atoms with Crippen molar-refractivity contribution in [3.05, 3.63) is 46.0 Å². The molecule has 2 N–H and O–H groups in total. The van der Waals surface area contributed by atoms with Gasteiger partial charge in [-0.05, 0) is 31.0 Å². The highest BCUT2D eigenvalue weighted by atomic mass is 35.5. The summed E-state index contributed by atoms with van der Waals surface area (Å²) in [6.45, 7) is 2.28. The summed E-state index contributed by atoms with van der Waals surface area (Å²) >= 11 is 5.64. The van der Waals surface area contributed by atoms with E-state index in [1.807, 2.05) is 14.0 Å². The van der Waals surface area contributed by atoms with E-state index in [0.29, 0.717) is 13.0 Å². The van der Waals surface area contributed by atoms with Crippen LogP contribution in [0.5, 0.6) is 5.75 Å². The second-order valence-electron chi connectivity index (χ2n) is 4.67. The van der Waals surface area contributed by atoms with E-state index in [0.717, 1.165) is 23.4 Å². The van der Waals surface area contributed by atoms with E-state index in [9.17, 15) is 14.3 Å². The highest BCUT2D eigenvalue weighted by molar-refractivity contribution is 6.32. The lowest BCUT2D eigenvalue weighted by molar-refractivity contribution is 0.0951. The highest BCUT2D eigenvalue weighted by Crippen LogP contribution is 2.28. The monoisotopic (exact) mass is 311 g/mol. The number of aromatic hydroxyl groups is 1. The van der Waals surface area contributed by atoms with Crippen molar-refractivity contribution in [3.8, 4) is 5.75 Å². The molecule has 0 bridgehead atoms. The summed E-state index contributed by atoms with van der Waals surface area (Å²) in [5.74, 6) is -1.67. The number of phenolic OH excluding ortho intramolecular Hbond substituents is 1. The van der Waals surface area contributed by atoms with Gasteiger partial charge in [0.25, 0.3) is 5.91 Å². The lowest BCUT2D eigenvalue weighted by Gasteiger charge is -2.08. The molecule has 1 heterocycles. The van der Waals surface area contributed by atoms with Gasteiger partial charge in [-0.3, -0.25) is 9.48 Å². The summed E-state index contributed by atoms with van der Waals surface area (Å²) in [7, 11) is 1.84. The summed E-state index contributed by atoms with van der Waals surface area (Å²) in [5.41, 5.74) is 1.85.